The Hall–Kier alpha value is -1.16. The molecule has 2 N–H and O–H groups in total. The molecule has 0 aromatic heterocycles. The van der Waals surface area contributed by atoms with E-state index in [2.05, 4.69) is 6.58 Å². The average Bonchev–Trinajstić information content (AvgIpc) is 2.19. The maximum Gasteiger partial charge on any atom is 0.334 e. The normalized spacial score (nSPS) is 15.9. The summed E-state index contributed by atoms with van der Waals surface area (Å²) in [6, 6.07) is 0. The van der Waals surface area contributed by atoms with Crippen molar-refractivity contribution in [3.8, 4) is 0 Å². The number of thioether (sulfide) groups is 1. The van der Waals surface area contributed by atoms with Crippen LogP contribution in [0.1, 0.15) is 33.6 Å². The van der Waals surface area contributed by atoms with Gasteiger partial charge in [0.1, 0.15) is 0 Å². The molecule has 0 aromatic carbocycles. The Bertz CT molecular complexity index is 394. The van der Waals surface area contributed by atoms with Gasteiger partial charge in [0.05, 0.1) is 6.10 Å². The maximum atomic E-state index is 11.8. The van der Waals surface area contributed by atoms with E-state index in [1.165, 1.54) is 11.8 Å². The standard InChI is InChI=1S/C13H19NO2S/c1-8(2)16-13(15)10-5-6-11(14)12(7-10)17-9(3)4/h7-8H,3,5-6,14H2,1-2,4H3. The molecule has 0 saturated carbocycles. The van der Waals surface area contributed by atoms with Crippen molar-refractivity contribution in [2.75, 3.05) is 0 Å². The van der Waals surface area contributed by atoms with Crippen molar-refractivity contribution in [2.24, 2.45) is 5.73 Å². The Balaban J connectivity index is 2.82. The highest BCUT2D eigenvalue weighted by Crippen LogP contribution is 2.33. The number of rotatable bonds is 4. The molecule has 0 aromatic rings. The average molecular weight is 253 g/mol. The number of esters is 1. The van der Waals surface area contributed by atoms with Gasteiger partial charge >= 0.3 is 5.97 Å². The first-order valence-corrected chi connectivity index (χ1v) is 6.45. The lowest BCUT2D eigenvalue weighted by atomic mass is 10.0. The summed E-state index contributed by atoms with van der Waals surface area (Å²) in [5.41, 5.74) is 7.42. The van der Waals surface area contributed by atoms with Crippen LogP contribution >= 0.6 is 11.8 Å². The number of carbonyl (C=O) groups is 1. The lowest BCUT2D eigenvalue weighted by Gasteiger charge is -2.17. The molecule has 0 aliphatic heterocycles. The van der Waals surface area contributed by atoms with Gasteiger partial charge in [-0.1, -0.05) is 18.3 Å². The predicted octanol–water partition coefficient (Wildman–Crippen LogP) is 3.10. The number of hydrogen-bond acceptors (Lipinski definition) is 4. The topological polar surface area (TPSA) is 52.3 Å². The number of carbonyl (C=O) groups excluding carboxylic acids is 1. The van der Waals surface area contributed by atoms with Crippen LogP contribution in [0.5, 0.6) is 0 Å². The van der Waals surface area contributed by atoms with E-state index in [1.807, 2.05) is 26.8 Å². The molecule has 0 bridgehead atoms. The molecule has 0 radical (unpaired) electrons. The van der Waals surface area contributed by atoms with Crippen LogP contribution in [0, 0.1) is 0 Å². The van der Waals surface area contributed by atoms with Gasteiger partial charge in [0.15, 0.2) is 0 Å². The van der Waals surface area contributed by atoms with E-state index in [-0.39, 0.29) is 12.1 Å². The molecule has 0 unspecified atom stereocenters. The minimum Gasteiger partial charge on any atom is -0.460 e. The Kier molecular flexibility index (Phi) is 4.87. The van der Waals surface area contributed by atoms with Crippen molar-refractivity contribution in [3.05, 3.63) is 33.7 Å². The molecule has 4 heteroatoms. The molecule has 17 heavy (non-hydrogen) atoms. The van der Waals surface area contributed by atoms with Crippen LogP contribution in [0.25, 0.3) is 0 Å². The highest BCUT2D eigenvalue weighted by atomic mass is 32.2. The first-order chi connectivity index (χ1) is 7.90. The molecule has 0 saturated heterocycles. The molecular formula is C13H19NO2S. The smallest absolute Gasteiger partial charge is 0.334 e. The molecule has 94 valence electrons. The van der Waals surface area contributed by atoms with Gasteiger partial charge in [0.25, 0.3) is 0 Å². The molecule has 1 rings (SSSR count). The van der Waals surface area contributed by atoms with E-state index in [1.54, 1.807) is 0 Å². The van der Waals surface area contributed by atoms with E-state index < -0.39 is 0 Å². The van der Waals surface area contributed by atoms with Crippen LogP contribution in [0.2, 0.25) is 0 Å². The van der Waals surface area contributed by atoms with Gasteiger partial charge in [-0.05, 0) is 44.6 Å². The van der Waals surface area contributed by atoms with Gasteiger partial charge in [-0.15, -0.1) is 0 Å². The largest absolute Gasteiger partial charge is 0.460 e. The summed E-state index contributed by atoms with van der Waals surface area (Å²) in [7, 11) is 0. The highest BCUT2D eigenvalue weighted by Gasteiger charge is 2.19. The van der Waals surface area contributed by atoms with Crippen molar-refractivity contribution in [2.45, 2.75) is 39.7 Å². The lowest BCUT2D eigenvalue weighted by molar-refractivity contribution is -0.142. The fourth-order valence-corrected chi connectivity index (χ4v) is 2.26. The minimum atomic E-state index is -0.243. The summed E-state index contributed by atoms with van der Waals surface area (Å²) in [5, 5.41) is 0. The van der Waals surface area contributed by atoms with E-state index in [9.17, 15) is 4.79 Å². The van der Waals surface area contributed by atoms with Crippen LogP contribution in [-0.4, -0.2) is 12.1 Å². The first-order valence-electron chi connectivity index (χ1n) is 5.63. The molecule has 0 amide bonds. The molecule has 1 aliphatic rings. The zero-order valence-corrected chi connectivity index (χ0v) is 11.4. The minimum absolute atomic E-state index is 0.0936. The summed E-state index contributed by atoms with van der Waals surface area (Å²) >= 11 is 1.50. The Morgan fingerprint density at radius 1 is 1.53 bits per heavy atom. The maximum absolute atomic E-state index is 11.8. The fourth-order valence-electron chi connectivity index (χ4n) is 1.45. The van der Waals surface area contributed by atoms with Crippen LogP contribution in [0.4, 0.5) is 0 Å². The quantitative estimate of drug-likeness (QED) is 0.782. The highest BCUT2D eigenvalue weighted by molar-refractivity contribution is 8.06. The van der Waals surface area contributed by atoms with E-state index >= 15 is 0 Å². The number of hydrogen-bond donors (Lipinski definition) is 1. The van der Waals surface area contributed by atoms with Gasteiger partial charge in [-0.25, -0.2) is 4.79 Å². The first kappa shape index (κ1) is 13.9. The number of ether oxygens (including phenoxy) is 1. The van der Waals surface area contributed by atoms with Gasteiger partial charge in [-0.2, -0.15) is 0 Å². The van der Waals surface area contributed by atoms with E-state index in [0.29, 0.717) is 18.4 Å². The molecule has 1 aliphatic carbocycles. The fraction of sp³-hybridized carbons (Fsp3) is 0.462. The van der Waals surface area contributed by atoms with Crippen molar-refractivity contribution >= 4 is 17.7 Å². The molecule has 0 fully saturated rings. The SMILES string of the molecule is C=C(C)SC1=C(N)CCC(C(=O)OC(C)C)=C1. The molecule has 0 atom stereocenters. The summed E-state index contributed by atoms with van der Waals surface area (Å²) in [4.78, 5) is 13.6. The van der Waals surface area contributed by atoms with Crippen molar-refractivity contribution in [1.29, 1.82) is 0 Å². The monoisotopic (exact) mass is 253 g/mol. The molecule has 3 nitrogen and oxygen atoms in total. The number of allylic oxidation sites excluding steroid dienone is 3. The predicted molar refractivity (Wildman–Crippen MR) is 72.2 cm³/mol. The van der Waals surface area contributed by atoms with Gasteiger partial charge < -0.3 is 10.5 Å². The van der Waals surface area contributed by atoms with Crippen LogP contribution in [0.3, 0.4) is 0 Å². The molecule has 0 spiro atoms. The van der Waals surface area contributed by atoms with Crippen molar-refractivity contribution in [3.63, 3.8) is 0 Å². The Morgan fingerprint density at radius 3 is 2.71 bits per heavy atom. The number of nitrogens with two attached hydrogens (primary N) is 1. The zero-order valence-electron chi connectivity index (χ0n) is 10.6. The third kappa shape index (κ3) is 4.30. The third-order valence-corrected chi connectivity index (χ3v) is 3.12. The van der Waals surface area contributed by atoms with Gasteiger partial charge in [-0.3, -0.25) is 0 Å². The van der Waals surface area contributed by atoms with Gasteiger partial charge in [0.2, 0.25) is 0 Å². The zero-order chi connectivity index (χ0) is 13.0. The summed E-state index contributed by atoms with van der Waals surface area (Å²) in [6.45, 7) is 9.43. The summed E-state index contributed by atoms with van der Waals surface area (Å²) in [5.74, 6) is -0.243. The van der Waals surface area contributed by atoms with Crippen molar-refractivity contribution < 1.29 is 9.53 Å². The van der Waals surface area contributed by atoms with Crippen molar-refractivity contribution in [1.82, 2.24) is 0 Å². The second-order valence-corrected chi connectivity index (χ2v) is 5.66. The van der Waals surface area contributed by atoms with Crippen LogP contribution < -0.4 is 5.73 Å². The summed E-state index contributed by atoms with van der Waals surface area (Å²) in [6.07, 6.45) is 3.08. The second-order valence-electron chi connectivity index (χ2n) is 4.32. The van der Waals surface area contributed by atoms with E-state index in [0.717, 1.165) is 15.5 Å². The third-order valence-electron chi connectivity index (χ3n) is 2.17. The summed E-state index contributed by atoms with van der Waals surface area (Å²) < 4.78 is 5.18. The van der Waals surface area contributed by atoms with Crippen LogP contribution in [-0.2, 0) is 9.53 Å². The molecule has 0 heterocycles. The molecular weight excluding hydrogens is 234 g/mol. The van der Waals surface area contributed by atoms with Crippen LogP contribution in [0.15, 0.2) is 33.7 Å². The lowest BCUT2D eigenvalue weighted by Crippen LogP contribution is -2.17. The Labute approximate surface area is 107 Å². The van der Waals surface area contributed by atoms with E-state index in [4.69, 9.17) is 10.5 Å². The second kappa shape index (κ2) is 5.96. The Morgan fingerprint density at radius 2 is 2.18 bits per heavy atom. The van der Waals surface area contributed by atoms with Gasteiger partial charge in [0, 0.05) is 16.2 Å².